The van der Waals surface area contributed by atoms with Gasteiger partial charge in [0.15, 0.2) is 0 Å². The highest BCUT2D eigenvalue weighted by atomic mass is 16.5. The summed E-state index contributed by atoms with van der Waals surface area (Å²) in [6.45, 7) is 22.5. The molecule has 0 aromatic rings. The van der Waals surface area contributed by atoms with Crippen LogP contribution in [0.25, 0.3) is 0 Å². The Balaban J connectivity index is 1.18. The number of unbranched alkanes of at least 4 members (excludes halogenated alkanes) is 14. The molecule has 0 N–H and O–H groups in total. The zero-order valence-corrected chi connectivity index (χ0v) is 35.2. The highest BCUT2D eigenvalue weighted by Gasteiger charge is 2.67. The summed E-state index contributed by atoms with van der Waals surface area (Å²) < 4.78 is 6.41. The van der Waals surface area contributed by atoms with E-state index in [1.165, 1.54) is 153 Å². The Morgan fingerprint density at radius 1 is 0.680 bits per heavy atom. The van der Waals surface area contributed by atoms with E-state index >= 15 is 0 Å². The molecule has 0 radical (unpaired) electrons. The number of rotatable bonds is 21. The van der Waals surface area contributed by atoms with E-state index in [9.17, 15) is 4.79 Å². The minimum Gasteiger partial charge on any atom is -0.462 e. The average Bonchev–Trinajstić information content (AvgIpc) is 3.35. The van der Waals surface area contributed by atoms with Crippen molar-refractivity contribution in [1.29, 1.82) is 0 Å². The lowest BCUT2D eigenvalue weighted by Crippen LogP contribution is -2.62. The summed E-state index contributed by atoms with van der Waals surface area (Å²) in [5, 5.41) is 0. The van der Waals surface area contributed by atoms with Crippen LogP contribution in [0.4, 0.5) is 0 Å². The molecule has 0 aromatic heterocycles. The minimum atomic E-state index is 0.0575. The Kier molecular flexibility index (Phi) is 15.9. The van der Waals surface area contributed by atoms with Gasteiger partial charge in [0.1, 0.15) is 6.10 Å². The molecule has 0 bridgehead atoms. The molecule has 4 saturated carbocycles. The fraction of sp³-hybridized carbons (Fsp3) is 0.938. The third kappa shape index (κ3) is 9.65. The van der Waals surface area contributed by atoms with Gasteiger partial charge in [0, 0.05) is 11.8 Å². The second-order valence-electron chi connectivity index (χ2n) is 20.2. The van der Waals surface area contributed by atoms with E-state index < -0.39 is 0 Å². The van der Waals surface area contributed by atoms with E-state index in [2.05, 4.69) is 68.4 Å². The van der Waals surface area contributed by atoms with Gasteiger partial charge in [-0.15, -0.1) is 0 Å². The van der Waals surface area contributed by atoms with Gasteiger partial charge in [0.25, 0.3) is 0 Å². The molecule has 50 heavy (non-hydrogen) atoms. The Labute approximate surface area is 312 Å². The second kappa shape index (κ2) is 19.0. The van der Waals surface area contributed by atoms with Gasteiger partial charge < -0.3 is 4.74 Å². The van der Waals surface area contributed by atoms with Crippen LogP contribution in [0.5, 0.6) is 0 Å². The monoisotopic (exact) mass is 695 g/mol. The molecule has 0 spiro atoms. The van der Waals surface area contributed by atoms with Crippen LogP contribution < -0.4 is 0 Å². The summed E-state index contributed by atoms with van der Waals surface area (Å²) in [6, 6.07) is 0. The SMILES string of the molecule is CCCCCCCCCCCCCCCCCC(=O)O[C@H]1CC[C@]2(C)C3CC[C@]4(C)[C@@H]([C@H](C)CCC=C(C)C)CC[C@@]4(C)C3CC[C@H]2C1(C)C. The van der Waals surface area contributed by atoms with Crippen molar-refractivity contribution in [3.63, 3.8) is 0 Å². The van der Waals surface area contributed by atoms with E-state index in [0.29, 0.717) is 28.6 Å². The molecule has 4 rings (SSSR count). The second-order valence-corrected chi connectivity index (χ2v) is 20.2. The minimum absolute atomic E-state index is 0.0575. The molecule has 0 saturated heterocycles. The van der Waals surface area contributed by atoms with Gasteiger partial charge in [-0.05, 0) is 130 Å². The van der Waals surface area contributed by atoms with Crippen molar-refractivity contribution in [1.82, 2.24) is 0 Å². The van der Waals surface area contributed by atoms with Crippen molar-refractivity contribution < 1.29 is 9.53 Å². The molecule has 0 amide bonds. The zero-order chi connectivity index (χ0) is 36.4. The van der Waals surface area contributed by atoms with Crippen LogP contribution in [0.2, 0.25) is 0 Å². The maximum absolute atomic E-state index is 13.2. The Hall–Kier alpha value is -0.790. The summed E-state index contributed by atoms with van der Waals surface area (Å²) >= 11 is 0. The molecule has 4 aliphatic carbocycles. The Morgan fingerprint density at radius 2 is 1.24 bits per heavy atom. The fourth-order valence-electron chi connectivity index (χ4n) is 13.3. The Bertz CT molecular complexity index is 1050. The van der Waals surface area contributed by atoms with Gasteiger partial charge in [-0.3, -0.25) is 4.79 Å². The molecule has 0 aromatic carbocycles. The summed E-state index contributed by atoms with van der Waals surface area (Å²) in [5.41, 5.74) is 2.86. The van der Waals surface area contributed by atoms with Crippen LogP contribution in [-0.4, -0.2) is 12.1 Å². The van der Waals surface area contributed by atoms with Gasteiger partial charge in [-0.1, -0.05) is 150 Å². The lowest BCUT2D eigenvalue weighted by Gasteiger charge is -2.67. The van der Waals surface area contributed by atoms with Gasteiger partial charge in [0.2, 0.25) is 0 Å². The first kappa shape index (κ1) is 42.0. The molecule has 4 aliphatic rings. The first-order chi connectivity index (χ1) is 23.8. The molecular formula is C48H86O2. The maximum atomic E-state index is 13.2. The summed E-state index contributed by atoms with van der Waals surface area (Å²) in [4.78, 5) is 13.2. The van der Waals surface area contributed by atoms with Gasteiger partial charge in [-0.2, -0.15) is 0 Å². The number of carbonyl (C=O) groups is 1. The third-order valence-electron chi connectivity index (χ3n) is 16.6. The number of fused-ring (bicyclic) bond motifs is 5. The number of hydrogen-bond donors (Lipinski definition) is 0. The first-order valence-corrected chi connectivity index (χ1v) is 22.6. The van der Waals surface area contributed by atoms with Crippen molar-refractivity contribution in [2.75, 3.05) is 0 Å². The number of carbonyl (C=O) groups excluding carboxylic acids is 1. The molecule has 0 heterocycles. The predicted octanol–water partition coefficient (Wildman–Crippen LogP) is 15.2. The van der Waals surface area contributed by atoms with Gasteiger partial charge in [0.05, 0.1) is 0 Å². The van der Waals surface area contributed by atoms with Crippen LogP contribution in [0.3, 0.4) is 0 Å². The lowest BCUT2D eigenvalue weighted by atomic mass is 9.38. The van der Waals surface area contributed by atoms with Crippen molar-refractivity contribution in [3.05, 3.63) is 11.6 Å². The average molecular weight is 695 g/mol. The largest absolute Gasteiger partial charge is 0.462 e. The van der Waals surface area contributed by atoms with Crippen LogP contribution in [0.15, 0.2) is 11.6 Å². The molecule has 2 nitrogen and oxygen atoms in total. The van der Waals surface area contributed by atoms with E-state index in [4.69, 9.17) is 4.74 Å². The highest BCUT2D eigenvalue weighted by molar-refractivity contribution is 5.69. The van der Waals surface area contributed by atoms with Crippen molar-refractivity contribution in [2.24, 2.45) is 51.2 Å². The number of esters is 1. The van der Waals surface area contributed by atoms with Crippen LogP contribution in [0.1, 0.15) is 229 Å². The molecule has 0 aliphatic heterocycles. The van der Waals surface area contributed by atoms with E-state index in [1.54, 1.807) is 0 Å². The lowest BCUT2D eigenvalue weighted by molar-refractivity contribution is -0.210. The number of hydrogen-bond acceptors (Lipinski definition) is 2. The number of allylic oxidation sites excluding steroid dienone is 2. The fourth-order valence-corrected chi connectivity index (χ4v) is 13.3. The molecule has 290 valence electrons. The van der Waals surface area contributed by atoms with Crippen LogP contribution in [-0.2, 0) is 9.53 Å². The summed E-state index contributed by atoms with van der Waals surface area (Å²) in [7, 11) is 0. The molecule has 9 atom stereocenters. The van der Waals surface area contributed by atoms with Crippen LogP contribution >= 0.6 is 0 Å². The molecule has 2 heteroatoms. The third-order valence-corrected chi connectivity index (χ3v) is 16.6. The molecule has 2 unspecified atom stereocenters. The van der Waals surface area contributed by atoms with E-state index in [1.807, 2.05) is 0 Å². The number of ether oxygens (including phenoxy) is 1. The first-order valence-electron chi connectivity index (χ1n) is 22.6. The maximum Gasteiger partial charge on any atom is 0.306 e. The predicted molar refractivity (Wildman–Crippen MR) is 216 cm³/mol. The van der Waals surface area contributed by atoms with E-state index in [0.717, 1.165) is 36.5 Å². The quantitative estimate of drug-likeness (QED) is 0.0679. The summed E-state index contributed by atoms with van der Waals surface area (Å²) in [6.07, 6.45) is 36.8. The molecular weight excluding hydrogens is 609 g/mol. The van der Waals surface area contributed by atoms with E-state index in [-0.39, 0.29) is 17.5 Å². The van der Waals surface area contributed by atoms with Crippen molar-refractivity contribution in [2.45, 2.75) is 235 Å². The van der Waals surface area contributed by atoms with Crippen molar-refractivity contribution in [3.8, 4) is 0 Å². The van der Waals surface area contributed by atoms with Crippen molar-refractivity contribution >= 4 is 5.97 Å². The standard InChI is InChI=1S/C48H86O2/c1-10-11-12-13-14-15-16-17-18-19-20-21-22-23-24-28-44(49)50-43-33-34-46(7)40-32-36-47(8)39(38(4)27-25-26-37(2)3)31-35-48(47,9)41(40)29-30-42(46)45(43,5)6/h26,38-43H,10-25,27-36H2,1-9H3/t38-,39-,40?,41?,42+,43+,46-,47-,48+/m1/s1. The van der Waals surface area contributed by atoms with Gasteiger partial charge >= 0.3 is 5.97 Å². The Morgan fingerprint density at radius 3 is 1.82 bits per heavy atom. The van der Waals surface area contributed by atoms with Gasteiger partial charge in [-0.25, -0.2) is 0 Å². The zero-order valence-electron chi connectivity index (χ0n) is 35.2. The van der Waals surface area contributed by atoms with Crippen LogP contribution in [0, 0.1) is 51.2 Å². The topological polar surface area (TPSA) is 26.3 Å². The smallest absolute Gasteiger partial charge is 0.306 e. The highest BCUT2D eigenvalue weighted by Crippen LogP contribution is 2.74. The molecule has 4 fully saturated rings. The normalized spacial score (nSPS) is 35.1. The summed E-state index contributed by atoms with van der Waals surface area (Å²) in [5.74, 6) is 4.11.